The van der Waals surface area contributed by atoms with E-state index in [0.29, 0.717) is 11.1 Å². The molecule has 0 fully saturated rings. The van der Waals surface area contributed by atoms with Crippen molar-refractivity contribution in [2.24, 2.45) is 0 Å². The Bertz CT molecular complexity index is 690. The highest BCUT2D eigenvalue weighted by Crippen LogP contribution is 2.36. The van der Waals surface area contributed by atoms with Gasteiger partial charge in [0.1, 0.15) is 11.5 Å². The summed E-state index contributed by atoms with van der Waals surface area (Å²) in [6.45, 7) is 0. The van der Waals surface area contributed by atoms with Crippen molar-refractivity contribution in [3.05, 3.63) is 35.9 Å². The molecule has 0 aliphatic heterocycles. The van der Waals surface area contributed by atoms with Gasteiger partial charge in [-0.1, -0.05) is 24.3 Å². The summed E-state index contributed by atoms with van der Waals surface area (Å²) in [5.41, 5.74) is 0.163. The molecule has 0 spiro atoms. The predicted molar refractivity (Wildman–Crippen MR) is 78.0 cm³/mol. The second kappa shape index (κ2) is 6.26. The molecule has 0 saturated carbocycles. The van der Waals surface area contributed by atoms with Gasteiger partial charge < -0.3 is 14.9 Å². The average Bonchev–Trinajstić information content (AvgIpc) is 2.47. The minimum Gasteiger partial charge on any atom is -0.507 e. The number of carbonyl (C=O) groups excluding carboxylic acids is 1. The standard InChI is InChI=1S/C16H16O5/c1-21-14-9-12(13(17)7-4-8-15(18)19)16(20)11-6-3-2-5-10(11)14/h2-3,5-6,9,20H,4,7-8H2,1H3,(H,18,19). The Morgan fingerprint density at radius 1 is 1.14 bits per heavy atom. The zero-order chi connectivity index (χ0) is 15.4. The fourth-order valence-electron chi connectivity index (χ4n) is 2.24. The van der Waals surface area contributed by atoms with Gasteiger partial charge in [-0.05, 0) is 12.5 Å². The Morgan fingerprint density at radius 2 is 1.81 bits per heavy atom. The van der Waals surface area contributed by atoms with Gasteiger partial charge in [0.25, 0.3) is 0 Å². The highest BCUT2D eigenvalue weighted by Gasteiger charge is 2.17. The summed E-state index contributed by atoms with van der Waals surface area (Å²) in [7, 11) is 1.50. The number of hydrogen-bond donors (Lipinski definition) is 2. The Labute approximate surface area is 121 Å². The second-order valence-electron chi connectivity index (χ2n) is 4.69. The number of ketones is 1. The van der Waals surface area contributed by atoms with Crippen LogP contribution < -0.4 is 4.74 Å². The molecule has 5 nitrogen and oxygen atoms in total. The average molecular weight is 288 g/mol. The van der Waals surface area contributed by atoms with Crippen LogP contribution >= 0.6 is 0 Å². The Morgan fingerprint density at radius 3 is 2.43 bits per heavy atom. The number of phenolic OH excluding ortho intramolecular Hbond substituents is 1. The molecule has 0 saturated heterocycles. The van der Waals surface area contributed by atoms with Crippen molar-refractivity contribution in [1.29, 1.82) is 0 Å². The van der Waals surface area contributed by atoms with Crippen LogP contribution in [-0.4, -0.2) is 29.1 Å². The number of aromatic hydroxyl groups is 1. The second-order valence-corrected chi connectivity index (χ2v) is 4.69. The number of rotatable bonds is 6. The van der Waals surface area contributed by atoms with E-state index in [1.807, 2.05) is 6.07 Å². The van der Waals surface area contributed by atoms with E-state index < -0.39 is 5.97 Å². The zero-order valence-corrected chi connectivity index (χ0v) is 11.6. The normalized spacial score (nSPS) is 10.5. The molecule has 2 aromatic carbocycles. The highest BCUT2D eigenvalue weighted by molar-refractivity contribution is 6.06. The fraction of sp³-hybridized carbons (Fsp3) is 0.250. The number of methoxy groups -OCH3 is 1. The van der Waals surface area contributed by atoms with Crippen molar-refractivity contribution in [1.82, 2.24) is 0 Å². The molecule has 0 unspecified atom stereocenters. The first kappa shape index (κ1) is 14.8. The van der Waals surface area contributed by atoms with E-state index in [4.69, 9.17) is 9.84 Å². The summed E-state index contributed by atoms with van der Waals surface area (Å²) in [4.78, 5) is 22.6. The molecular weight excluding hydrogens is 272 g/mol. The lowest BCUT2D eigenvalue weighted by molar-refractivity contribution is -0.137. The lowest BCUT2D eigenvalue weighted by Crippen LogP contribution is -2.03. The van der Waals surface area contributed by atoms with Crippen molar-refractivity contribution in [2.45, 2.75) is 19.3 Å². The first-order chi connectivity index (χ1) is 10.0. The fourth-order valence-corrected chi connectivity index (χ4v) is 2.24. The molecule has 0 amide bonds. The number of ether oxygens (including phenoxy) is 1. The minimum absolute atomic E-state index is 0.0708. The topological polar surface area (TPSA) is 83.8 Å². The van der Waals surface area contributed by atoms with Gasteiger partial charge in [-0.15, -0.1) is 0 Å². The monoisotopic (exact) mass is 288 g/mol. The van der Waals surface area contributed by atoms with Crippen molar-refractivity contribution >= 4 is 22.5 Å². The molecule has 2 N–H and O–H groups in total. The summed E-state index contributed by atoms with van der Waals surface area (Å²) in [5, 5.41) is 20.1. The molecule has 0 heterocycles. The van der Waals surface area contributed by atoms with Crippen LogP contribution in [0, 0.1) is 0 Å². The summed E-state index contributed by atoms with van der Waals surface area (Å²) in [6.07, 6.45) is 0.237. The SMILES string of the molecule is COc1cc(C(=O)CCCC(=O)O)c(O)c2ccccc12. The number of carbonyl (C=O) groups is 2. The van der Waals surface area contributed by atoms with Gasteiger partial charge in [-0.3, -0.25) is 9.59 Å². The maximum Gasteiger partial charge on any atom is 0.303 e. The van der Waals surface area contributed by atoms with E-state index in [1.165, 1.54) is 13.2 Å². The van der Waals surface area contributed by atoms with Gasteiger partial charge in [-0.2, -0.15) is 0 Å². The maximum absolute atomic E-state index is 12.2. The number of fused-ring (bicyclic) bond motifs is 1. The minimum atomic E-state index is -0.942. The van der Waals surface area contributed by atoms with Gasteiger partial charge in [0.15, 0.2) is 5.78 Å². The first-order valence-electron chi connectivity index (χ1n) is 6.58. The van der Waals surface area contributed by atoms with Crippen LogP contribution in [0.1, 0.15) is 29.6 Å². The van der Waals surface area contributed by atoms with E-state index in [2.05, 4.69) is 0 Å². The lowest BCUT2D eigenvalue weighted by atomic mass is 9.99. The first-order valence-corrected chi connectivity index (χ1v) is 6.58. The van der Waals surface area contributed by atoms with Crippen LogP contribution in [0.3, 0.4) is 0 Å². The molecule has 0 bridgehead atoms. The van der Waals surface area contributed by atoms with E-state index in [9.17, 15) is 14.7 Å². The van der Waals surface area contributed by atoms with Crippen LogP contribution in [0.15, 0.2) is 30.3 Å². The van der Waals surface area contributed by atoms with E-state index in [0.717, 1.165) is 5.39 Å². The Kier molecular flexibility index (Phi) is 4.42. The number of benzene rings is 2. The number of carboxylic acid groups (broad SMARTS) is 1. The highest BCUT2D eigenvalue weighted by atomic mass is 16.5. The number of aliphatic carboxylic acids is 1. The van der Waals surface area contributed by atoms with Crippen LogP contribution in [0.2, 0.25) is 0 Å². The van der Waals surface area contributed by atoms with Crippen LogP contribution in [0.4, 0.5) is 0 Å². The third-order valence-corrected chi connectivity index (χ3v) is 3.29. The largest absolute Gasteiger partial charge is 0.507 e. The summed E-state index contributed by atoms with van der Waals surface area (Å²) in [6, 6.07) is 8.59. The molecule has 0 aliphatic carbocycles. The number of carboxylic acids is 1. The van der Waals surface area contributed by atoms with E-state index in [-0.39, 0.29) is 36.4 Å². The van der Waals surface area contributed by atoms with Crippen LogP contribution in [0.5, 0.6) is 11.5 Å². The van der Waals surface area contributed by atoms with Gasteiger partial charge in [0.05, 0.1) is 12.7 Å². The maximum atomic E-state index is 12.2. The zero-order valence-electron chi connectivity index (χ0n) is 11.6. The Balaban J connectivity index is 2.37. The number of phenols is 1. The van der Waals surface area contributed by atoms with Crippen LogP contribution in [-0.2, 0) is 4.79 Å². The molecular formula is C16H16O5. The quantitative estimate of drug-likeness (QED) is 0.798. The third kappa shape index (κ3) is 3.13. The molecule has 2 aromatic rings. The molecule has 0 aliphatic rings. The van der Waals surface area contributed by atoms with E-state index in [1.54, 1.807) is 18.2 Å². The number of hydrogen-bond acceptors (Lipinski definition) is 4. The van der Waals surface area contributed by atoms with Gasteiger partial charge in [0, 0.05) is 23.6 Å². The molecule has 2 rings (SSSR count). The van der Waals surface area contributed by atoms with E-state index >= 15 is 0 Å². The molecule has 0 radical (unpaired) electrons. The van der Waals surface area contributed by atoms with Gasteiger partial charge in [0.2, 0.25) is 0 Å². The molecule has 21 heavy (non-hydrogen) atoms. The van der Waals surface area contributed by atoms with Crippen molar-refractivity contribution in [3.63, 3.8) is 0 Å². The molecule has 5 heteroatoms. The molecule has 0 atom stereocenters. The number of Topliss-reactive ketones (excluding diaryl/α,β-unsaturated/α-hetero) is 1. The molecule has 110 valence electrons. The van der Waals surface area contributed by atoms with Crippen molar-refractivity contribution in [2.75, 3.05) is 7.11 Å². The summed E-state index contributed by atoms with van der Waals surface area (Å²) in [5.74, 6) is -0.822. The third-order valence-electron chi connectivity index (χ3n) is 3.29. The molecule has 0 aromatic heterocycles. The van der Waals surface area contributed by atoms with Crippen molar-refractivity contribution in [3.8, 4) is 11.5 Å². The van der Waals surface area contributed by atoms with Gasteiger partial charge in [-0.25, -0.2) is 0 Å². The van der Waals surface area contributed by atoms with Crippen molar-refractivity contribution < 1.29 is 24.5 Å². The predicted octanol–water partition coefficient (Wildman–Crippen LogP) is 2.99. The summed E-state index contributed by atoms with van der Waals surface area (Å²) >= 11 is 0. The Hall–Kier alpha value is -2.56. The summed E-state index contributed by atoms with van der Waals surface area (Å²) < 4.78 is 5.26. The van der Waals surface area contributed by atoms with Crippen LogP contribution in [0.25, 0.3) is 10.8 Å². The smallest absolute Gasteiger partial charge is 0.303 e. The lowest BCUT2D eigenvalue weighted by Gasteiger charge is -2.11. The van der Waals surface area contributed by atoms with Gasteiger partial charge >= 0.3 is 5.97 Å².